The smallest absolute Gasteiger partial charge is 0.306 e. The van der Waals surface area contributed by atoms with Crippen LogP contribution in [0.25, 0.3) is 0 Å². The Hall–Kier alpha value is -0.530. The van der Waals surface area contributed by atoms with Gasteiger partial charge in [0.05, 0.1) is 5.92 Å². The molecular formula is C9H18O2. The SMILES string of the molecule is CCCC(C)CC(C)C(=O)O. The fraction of sp³-hybridized carbons (Fsp3) is 0.889. The molecule has 0 aliphatic rings. The van der Waals surface area contributed by atoms with Crippen LogP contribution in [0.15, 0.2) is 0 Å². The molecule has 0 rings (SSSR count). The van der Waals surface area contributed by atoms with Crippen molar-refractivity contribution < 1.29 is 9.90 Å². The van der Waals surface area contributed by atoms with Crippen molar-refractivity contribution in [1.82, 2.24) is 0 Å². The Morgan fingerprint density at radius 3 is 2.36 bits per heavy atom. The molecule has 0 aliphatic heterocycles. The average molecular weight is 158 g/mol. The number of carboxylic acid groups (broad SMARTS) is 1. The molecule has 1 N–H and O–H groups in total. The molecule has 0 radical (unpaired) electrons. The van der Waals surface area contributed by atoms with E-state index in [1.165, 1.54) is 0 Å². The molecule has 0 heterocycles. The molecular weight excluding hydrogens is 140 g/mol. The summed E-state index contributed by atoms with van der Waals surface area (Å²) < 4.78 is 0. The molecule has 0 aromatic heterocycles. The predicted molar refractivity (Wildman–Crippen MR) is 45.5 cm³/mol. The molecule has 0 spiro atoms. The van der Waals surface area contributed by atoms with E-state index in [1.807, 2.05) is 0 Å². The van der Waals surface area contributed by atoms with Crippen molar-refractivity contribution >= 4 is 5.97 Å². The van der Waals surface area contributed by atoms with Gasteiger partial charge in [0.25, 0.3) is 0 Å². The van der Waals surface area contributed by atoms with Gasteiger partial charge in [-0.05, 0) is 12.3 Å². The van der Waals surface area contributed by atoms with Gasteiger partial charge in [-0.1, -0.05) is 33.6 Å². The molecule has 0 amide bonds. The summed E-state index contributed by atoms with van der Waals surface area (Å²) in [6, 6.07) is 0. The zero-order valence-corrected chi connectivity index (χ0v) is 7.63. The van der Waals surface area contributed by atoms with Crippen LogP contribution < -0.4 is 0 Å². The van der Waals surface area contributed by atoms with E-state index in [0.29, 0.717) is 5.92 Å². The third-order valence-corrected chi connectivity index (χ3v) is 1.96. The summed E-state index contributed by atoms with van der Waals surface area (Å²) in [5.41, 5.74) is 0. The Morgan fingerprint density at radius 1 is 1.45 bits per heavy atom. The van der Waals surface area contributed by atoms with Gasteiger partial charge in [-0.2, -0.15) is 0 Å². The molecule has 0 saturated carbocycles. The molecule has 0 aromatic rings. The normalized spacial score (nSPS) is 15.9. The number of rotatable bonds is 5. The first kappa shape index (κ1) is 10.5. The summed E-state index contributed by atoms with van der Waals surface area (Å²) >= 11 is 0. The van der Waals surface area contributed by atoms with Crippen molar-refractivity contribution in [3.63, 3.8) is 0 Å². The zero-order valence-electron chi connectivity index (χ0n) is 7.63. The Bertz CT molecular complexity index is 121. The van der Waals surface area contributed by atoms with E-state index in [0.717, 1.165) is 19.3 Å². The van der Waals surface area contributed by atoms with Crippen LogP contribution in [0.5, 0.6) is 0 Å². The fourth-order valence-corrected chi connectivity index (χ4v) is 1.32. The number of hydrogen-bond donors (Lipinski definition) is 1. The van der Waals surface area contributed by atoms with Crippen LogP contribution >= 0.6 is 0 Å². The average Bonchev–Trinajstić information content (AvgIpc) is 1.87. The second-order valence-electron chi connectivity index (χ2n) is 3.37. The minimum atomic E-state index is -0.673. The van der Waals surface area contributed by atoms with E-state index in [4.69, 9.17) is 5.11 Å². The maximum Gasteiger partial charge on any atom is 0.306 e. The number of aliphatic carboxylic acids is 1. The molecule has 2 atom stereocenters. The maximum absolute atomic E-state index is 10.4. The third kappa shape index (κ3) is 4.82. The maximum atomic E-state index is 10.4. The van der Waals surface area contributed by atoms with E-state index < -0.39 is 5.97 Å². The van der Waals surface area contributed by atoms with Crippen LogP contribution in [0, 0.1) is 11.8 Å². The first-order valence-electron chi connectivity index (χ1n) is 4.30. The standard InChI is InChI=1S/C9H18O2/c1-4-5-7(2)6-8(3)9(10)11/h7-8H,4-6H2,1-3H3,(H,10,11). The van der Waals surface area contributed by atoms with Crippen LogP contribution in [0.2, 0.25) is 0 Å². The molecule has 2 unspecified atom stereocenters. The zero-order chi connectivity index (χ0) is 8.85. The Balaban J connectivity index is 3.56. The highest BCUT2D eigenvalue weighted by atomic mass is 16.4. The van der Waals surface area contributed by atoms with Gasteiger partial charge in [0.1, 0.15) is 0 Å². The molecule has 0 fully saturated rings. The fourth-order valence-electron chi connectivity index (χ4n) is 1.32. The summed E-state index contributed by atoms with van der Waals surface area (Å²) in [5.74, 6) is -0.310. The summed E-state index contributed by atoms with van der Waals surface area (Å²) in [5, 5.41) is 8.60. The molecule has 0 aromatic carbocycles. The van der Waals surface area contributed by atoms with Gasteiger partial charge in [-0.3, -0.25) is 4.79 Å². The van der Waals surface area contributed by atoms with Crippen molar-refractivity contribution in [1.29, 1.82) is 0 Å². The molecule has 0 saturated heterocycles. The molecule has 2 nitrogen and oxygen atoms in total. The van der Waals surface area contributed by atoms with Gasteiger partial charge in [0.2, 0.25) is 0 Å². The predicted octanol–water partition coefficient (Wildman–Crippen LogP) is 2.53. The molecule has 0 bridgehead atoms. The Morgan fingerprint density at radius 2 is 2.00 bits per heavy atom. The quantitative estimate of drug-likeness (QED) is 0.667. The number of hydrogen-bond acceptors (Lipinski definition) is 1. The lowest BCUT2D eigenvalue weighted by Crippen LogP contribution is -2.12. The number of carbonyl (C=O) groups is 1. The number of carboxylic acids is 1. The van der Waals surface area contributed by atoms with Crippen molar-refractivity contribution in [3.8, 4) is 0 Å². The van der Waals surface area contributed by atoms with Crippen LogP contribution in [0.4, 0.5) is 0 Å². The third-order valence-electron chi connectivity index (χ3n) is 1.96. The molecule has 66 valence electrons. The lowest BCUT2D eigenvalue weighted by molar-refractivity contribution is -0.141. The minimum absolute atomic E-state index is 0.184. The van der Waals surface area contributed by atoms with Crippen LogP contribution in [0.1, 0.15) is 40.0 Å². The molecule has 11 heavy (non-hydrogen) atoms. The van der Waals surface area contributed by atoms with Gasteiger partial charge in [-0.25, -0.2) is 0 Å². The lowest BCUT2D eigenvalue weighted by atomic mass is 9.94. The van der Waals surface area contributed by atoms with Gasteiger partial charge >= 0.3 is 5.97 Å². The summed E-state index contributed by atoms with van der Waals surface area (Å²) in [4.78, 5) is 10.4. The monoisotopic (exact) mass is 158 g/mol. The van der Waals surface area contributed by atoms with E-state index >= 15 is 0 Å². The van der Waals surface area contributed by atoms with E-state index in [2.05, 4.69) is 13.8 Å². The van der Waals surface area contributed by atoms with Gasteiger partial charge in [0.15, 0.2) is 0 Å². The highest BCUT2D eigenvalue weighted by molar-refractivity contribution is 5.69. The first-order chi connectivity index (χ1) is 5.07. The van der Waals surface area contributed by atoms with Crippen molar-refractivity contribution in [3.05, 3.63) is 0 Å². The summed E-state index contributed by atoms with van der Waals surface area (Å²) in [6.07, 6.45) is 3.09. The van der Waals surface area contributed by atoms with E-state index in [9.17, 15) is 4.79 Å². The van der Waals surface area contributed by atoms with Gasteiger partial charge in [-0.15, -0.1) is 0 Å². The minimum Gasteiger partial charge on any atom is -0.481 e. The van der Waals surface area contributed by atoms with Crippen molar-refractivity contribution in [2.75, 3.05) is 0 Å². The van der Waals surface area contributed by atoms with Gasteiger partial charge < -0.3 is 5.11 Å². The topological polar surface area (TPSA) is 37.3 Å². The largest absolute Gasteiger partial charge is 0.481 e. The van der Waals surface area contributed by atoms with Crippen LogP contribution in [-0.4, -0.2) is 11.1 Å². The Kier molecular flexibility index (Phi) is 4.92. The lowest BCUT2D eigenvalue weighted by Gasteiger charge is -2.12. The summed E-state index contributed by atoms with van der Waals surface area (Å²) in [6.45, 7) is 6.01. The van der Waals surface area contributed by atoms with E-state index in [-0.39, 0.29) is 5.92 Å². The van der Waals surface area contributed by atoms with Crippen LogP contribution in [0.3, 0.4) is 0 Å². The highest BCUT2D eigenvalue weighted by Gasteiger charge is 2.13. The van der Waals surface area contributed by atoms with Gasteiger partial charge in [0, 0.05) is 0 Å². The van der Waals surface area contributed by atoms with Crippen molar-refractivity contribution in [2.45, 2.75) is 40.0 Å². The van der Waals surface area contributed by atoms with Crippen molar-refractivity contribution in [2.24, 2.45) is 11.8 Å². The first-order valence-corrected chi connectivity index (χ1v) is 4.30. The highest BCUT2D eigenvalue weighted by Crippen LogP contribution is 2.16. The van der Waals surface area contributed by atoms with E-state index in [1.54, 1.807) is 6.92 Å². The Labute approximate surface area is 68.6 Å². The molecule has 2 heteroatoms. The second kappa shape index (κ2) is 5.16. The summed E-state index contributed by atoms with van der Waals surface area (Å²) in [7, 11) is 0. The molecule has 0 aliphatic carbocycles. The van der Waals surface area contributed by atoms with Crippen LogP contribution in [-0.2, 0) is 4.79 Å². The second-order valence-corrected chi connectivity index (χ2v) is 3.37.